The molecular formula is C13H23N3O. The average molecular weight is 237 g/mol. The zero-order chi connectivity index (χ0) is 12.3. The third kappa shape index (κ3) is 6.12. The minimum absolute atomic E-state index is 0.305. The molecule has 4 heteroatoms. The van der Waals surface area contributed by atoms with Crippen LogP contribution < -0.4 is 10.6 Å². The van der Waals surface area contributed by atoms with Gasteiger partial charge in [-0.1, -0.05) is 18.9 Å². The van der Waals surface area contributed by atoms with Crippen LogP contribution in [0.1, 0.15) is 32.6 Å². The summed E-state index contributed by atoms with van der Waals surface area (Å²) in [5, 5.41) is 15.1. The van der Waals surface area contributed by atoms with Gasteiger partial charge in [-0.25, -0.2) is 4.98 Å². The van der Waals surface area contributed by atoms with E-state index in [1.165, 1.54) is 0 Å². The first kappa shape index (κ1) is 13.8. The Labute approximate surface area is 103 Å². The van der Waals surface area contributed by atoms with Crippen molar-refractivity contribution in [1.29, 1.82) is 0 Å². The van der Waals surface area contributed by atoms with Crippen molar-refractivity contribution in [3.05, 3.63) is 18.2 Å². The highest BCUT2D eigenvalue weighted by Crippen LogP contribution is 2.09. The van der Waals surface area contributed by atoms with Gasteiger partial charge in [-0.15, -0.1) is 0 Å². The summed E-state index contributed by atoms with van der Waals surface area (Å²) in [7, 11) is 0. The lowest BCUT2D eigenvalue weighted by molar-refractivity contribution is 0.283. The summed E-state index contributed by atoms with van der Waals surface area (Å²) in [4.78, 5) is 4.43. The highest BCUT2D eigenvalue weighted by molar-refractivity contribution is 5.44. The number of aromatic nitrogens is 1. The van der Waals surface area contributed by atoms with Crippen LogP contribution in [-0.4, -0.2) is 29.8 Å². The molecule has 96 valence electrons. The minimum atomic E-state index is 0.305. The van der Waals surface area contributed by atoms with Crippen molar-refractivity contribution in [2.24, 2.45) is 0 Å². The molecule has 0 atom stereocenters. The van der Waals surface area contributed by atoms with Crippen LogP contribution in [0.15, 0.2) is 18.2 Å². The van der Waals surface area contributed by atoms with E-state index in [-0.39, 0.29) is 0 Å². The molecule has 0 radical (unpaired) electrons. The highest BCUT2D eigenvalue weighted by Gasteiger charge is 1.95. The molecule has 0 aromatic carbocycles. The summed E-state index contributed by atoms with van der Waals surface area (Å²) in [5.74, 6) is 1.84. The van der Waals surface area contributed by atoms with E-state index in [1.54, 1.807) is 0 Å². The highest BCUT2D eigenvalue weighted by atomic mass is 16.2. The fraction of sp³-hybridized carbons (Fsp3) is 0.615. The second kappa shape index (κ2) is 8.82. The first-order valence-electron chi connectivity index (χ1n) is 6.42. The molecule has 3 N–H and O–H groups in total. The maximum atomic E-state index is 8.65. The Kier molecular flexibility index (Phi) is 7.14. The molecule has 0 spiro atoms. The first-order valence-corrected chi connectivity index (χ1v) is 6.42. The molecule has 0 aliphatic rings. The van der Waals surface area contributed by atoms with Crippen molar-refractivity contribution in [2.45, 2.75) is 32.6 Å². The zero-order valence-electron chi connectivity index (χ0n) is 10.6. The first-order chi connectivity index (χ1) is 8.36. The van der Waals surface area contributed by atoms with Crippen LogP contribution >= 0.6 is 0 Å². The molecular weight excluding hydrogens is 214 g/mol. The molecule has 0 amide bonds. The van der Waals surface area contributed by atoms with E-state index < -0.39 is 0 Å². The summed E-state index contributed by atoms with van der Waals surface area (Å²) >= 11 is 0. The second-order valence-corrected chi connectivity index (χ2v) is 4.00. The third-order valence-electron chi connectivity index (χ3n) is 2.50. The number of unbranched alkanes of at least 4 members (excludes halogenated alkanes) is 3. The van der Waals surface area contributed by atoms with Crippen molar-refractivity contribution in [1.82, 2.24) is 4.98 Å². The molecule has 0 aliphatic carbocycles. The summed E-state index contributed by atoms with van der Waals surface area (Å²) in [6.07, 6.45) is 4.28. The number of aliphatic hydroxyl groups excluding tert-OH is 1. The topological polar surface area (TPSA) is 57.2 Å². The predicted molar refractivity (Wildman–Crippen MR) is 72.4 cm³/mol. The lowest BCUT2D eigenvalue weighted by Gasteiger charge is -2.07. The van der Waals surface area contributed by atoms with E-state index in [4.69, 9.17) is 5.11 Å². The van der Waals surface area contributed by atoms with Crippen molar-refractivity contribution in [3.8, 4) is 0 Å². The monoisotopic (exact) mass is 237 g/mol. The van der Waals surface area contributed by atoms with E-state index in [0.717, 1.165) is 50.4 Å². The van der Waals surface area contributed by atoms with Crippen molar-refractivity contribution in [2.75, 3.05) is 30.3 Å². The molecule has 0 saturated carbocycles. The van der Waals surface area contributed by atoms with Gasteiger partial charge in [-0.3, -0.25) is 0 Å². The predicted octanol–water partition coefficient (Wildman–Crippen LogP) is 2.48. The van der Waals surface area contributed by atoms with Gasteiger partial charge in [0.15, 0.2) is 0 Å². The Morgan fingerprint density at radius 3 is 2.47 bits per heavy atom. The third-order valence-corrected chi connectivity index (χ3v) is 2.50. The van der Waals surface area contributed by atoms with E-state index in [0.29, 0.717) is 6.61 Å². The van der Waals surface area contributed by atoms with E-state index in [1.807, 2.05) is 18.2 Å². The minimum Gasteiger partial charge on any atom is -0.396 e. The van der Waals surface area contributed by atoms with Gasteiger partial charge >= 0.3 is 0 Å². The molecule has 17 heavy (non-hydrogen) atoms. The Bertz CT molecular complexity index is 304. The normalized spacial score (nSPS) is 10.2. The molecule has 1 heterocycles. The standard InChI is InChI=1S/C13H23N3O/c1-2-14-12-8-7-9-13(16-12)15-10-5-3-4-6-11-17/h7-9,17H,2-6,10-11H2,1H3,(H2,14,15,16). The number of rotatable bonds is 9. The Balaban J connectivity index is 2.19. The lowest BCUT2D eigenvalue weighted by Crippen LogP contribution is -2.05. The molecule has 0 fully saturated rings. The largest absolute Gasteiger partial charge is 0.396 e. The van der Waals surface area contributed by atoms with E-state index in [9.17, 15) is 0 Å². The molecule has 0 bridgehead atoms. The number of aliphatic hydroxyl groups is 1. The fourth-order valence-electron chi connectivity index (χ4n) is 1.62. The maximum absolute atomic E-state index is 8.65. The molecule has 0 saturated heterocycles. The number of anilines is 2. The maximum Gasteiger partial charge on any atom is 0.128 e. The molecule has 1 aromatic rings. The number of nitrogens with zero attached hydrogens (tertiary/aromatic N) is 1. The van der Waals surface area contributed by atoms with Crippen LogP contribution in [0.25, 0.3) is 0 Å². The summed E-state index contributed by atoms with van der Waals surface area (Å²) in [6, 6.07) is 5.95. The summed E-state index contributed by atoms with van der Waals surface area (Å²) in [5.41, 5.74) is 0. The van der Waals surface area contributed by atoms with Gasteiger partial charge in [-0.2, -0.15) is 0 Å². The number of hydrogen-bond acceptors (Lipinski definition) is 4. The van der Waals surface area contributed by atoms with Gasteiger partial charge < -0.3 is 15.7 Å². The lowest BCUT2D eigenvalue weighted by atomic mass is 10.2. The van der Waals surface area contributed by atoms with E-state index in [2.05, 4.69) is 22.5 Å². The van der Waals surface area contributed by atoms with Crippen LogP contribution in [0.5, 0.6) is 0 Å². The van der Waals surface area contributed by atoms with Crippen LogP contribution in [0.2, 0.25) is 0 Å². The molecule has 0 aliphatic heterocycles. The second-order valence-electron chi connectivity index (χ2n) is 4.00. The molecule has 1 aromatic heterocycles. The molecule has 4 nitrogen and oxygen atoms in total. The van der Waals surface area contributed by atoms with Crippen molar-refractivity contribution >= 4 is 11.6 Å². The Morgan fingerprint density at radius 1 is 1.06 bits per heavy atom. The van der Waals surface area contributed by atoms with Crippen molar-refractivity contribution in [3.63, 3.8) is 0 Å². The van der Waals surface area contributed by atoms with Gasteiger partial charge in [0.2, 0.25) is 0 Å². The summed E-state index contributed by atoms with van der Waals surface area (Å²) < 4.78 is 0. The van der Waals surface area contributed by atoms with Crippen LogP contribution in [0.4, 0.5) is 11.6 Å². The number of pyridine rings is 1. The van der Waals surface area contributed by atoms with Gasteiger partial charge in [0.1, 0.15) is 11.6 Å². The quantitative estimate of drug-likeness (QED) is 0.578. The smallest absolute Gasteiger partial charge is 0.128 e. The Morgan fingerprint density at radius 2 is 1.76 bits per heavy atom. The fourth-order valence-corrected chi connectivity index (χ4v) is 1.62. The molecule has 0 unspecified atom stereocenters. The zero-order valence-corrected chi connectivity index (χ0v) is 10.6. The van der Waals surface area contributed by atoms with Gasteiger partial charge in [0.25, 0.3) is 0 Å². The van der Waals surface area contributed by atoms with Crippen LogP contribution in [0.3, 0.4) is 0 Å². The number of nitrogens with one attached hydrogen (secondary N) is 2. The van der Waals surface area contributed by atoms with Gasteiger partial charge in [0.05, 0.1) is 0 Å². The average Bonchev–Trinajstić information content (AvgIpc) is 2.35. The van der Waals surface area contributed by atoms with Crippen molar-refractivity contribution < 1.29 is 5.11 Å². The number of hydrogen-bond donors (Lipinski definition) is 3. The SMILES string of the molecule is CCNc1cccc(NCCCCCCO)n1. The molecule has 1 rings (SSSR count). The van der Waals surface area contributed by atoms with Gasteiger partial charge in [0, 0.05) is 19.7 Å². The van der Waals surface area contributed by atoms with Crippen LogP contribution in [-0.2, 0) is 0 Å². The van der Waals surface area contributed by atoms with E-state index >= 15 is 0 Å². The Hall–Kier alpha value is -1.29. The van der Waals surface area contributed by atoms with Crippen LogP contribution in [0, 0.1) is 0 Å². The summed E-state index contributed by atoms with van der Waals surface area (Å²) in [6.45, 7) is 4.19. The van der Waals surface area contributed by atoms with Gasteiger partial charge in [-0.05, 0) is 31.9 Å².